The van der Waals surface area contributed by atoms with Gasteiger partial charge in [-0.05, 0) is 32.4 Å². The van der Waals surface area contributed by atoms with Crippen LogP contribution in [-0.2, 0) is 16.0 Å². The molecule has 1 heterocycles. The Balaban J connectivity index is 2.27. The molecule has 0 saturated heterocycles. The van der Waals surface area contributed by atoms with Crippen molar-refractivity contribution in [1.82, 2.24) is 5.01 Å². The van der Waals surface area contributed by atoms with Crippen LogP contribution in [0.5, 0.6) is 0 Å². The second-order valence-corrected chi connectivity index (χ2v) is 5.22. The van der Waals surface area contributed by atoms with Crippen LogP contribution in [0.3, 0.4) is 0 Å². The van der Waals surface area contributed by atoms with E-state index in [1.54, 1.807) is 0 Å². The molecule has 2 rings (SSSR count). The second-order valence-electron chi connectivity index (χ2n) is 5.22. The lowest BCUT2D eigenvalue weighted by molar-refractivity contribution is -0.130. The predicted octanol–water partition coefficient (Wildman–Crippen LogP) is 2.51. The molecule has 0 bridgehead atoms. The number of amides is 1. The number of carboxylic acids is 1. The van der Waals surface area contributed by atoms with Gasteiger partial charge in [-0.15, -0.1) is 0 Å². The van der Waals surface area contributed by atoms with Crippen molar-refractivity contribution in [3.05, 3.63) is 35.1 Å². The third-order valence-electron chi connectivity index (χ3n) is 3.45. The number of hydrogen-bond donors (Lipinski definition) is 1. The van der Waals surface area contributed by atoms with Gasteiger partial charge in [0.1, 0.15) is 17.1 Å². The molecule has 0 unspecified atom stereocenters. The zero-order valence-corrected chi connectivity index (χ0v) is 13.0. The molecule has 22 heavy (non-hydrogen) atoms. The predicted molar refractivity (Wildman–Crippen MR) is 82.9 cm³/mol. The summed E-state index contributed by atoms with van der Waals surface area (Å²) in [6.45, 7) is 5.12. The first-order chi connectivity index (χ1) is 10.3. The van der Waals surface area contributed by atoms with Crippen molar-refractivity contribution < 1.29 is 19.1 Å². The number of hydrogen-bond acceptors (Lipinski definition) is 4. The van der Waals surface area contributed by atoms with Crippen molar-refractivity contribution in [1.29, 1.82) is 0 Å². The van der Waals surface area contributed by atoms with Gasteiger partial charge in [0.15, 0.2) is 0 Å². The van der Waals surface area contributed by atoms with Crippen LogP contribution < -0.4 is 0 Å². The number of carboxylic acid groups (broad SMARTS) is 1. The largest absolute Gasteiger partial charge is 0.477 e. The fourth-order valence-corrected chi connectivity index (χ4v) is 2.19. The second kappa shape index (κ2) is 6.01. The van der Waals surface area contributed by atoms with Gasteiger partial charge in [0.2, 0.25) is 5.91 Å². The quantitative estimate of drug-likeness (QED) is 0.695. The number of rotatable bonds is 4. The molecule has 0 saturated carbocycles. The molecule has 116 valence electrons. The van der Waals surface area contributed by atoms with Crippen LogP contribution in [0, 0.1) is 13.8 Å². The molecule has 1 amide bonds. The van der Waals surface area contributed by atoms with Gasteiger partial charge in [0.05, 0.1) is 6.42 Å². The van der Waals surface area contributed by atoms with Gasteiger partial charge >= 0.3 is 5.97 Å². The molecule has 0 aliphatic heterocycles. The molecule has 6 heteroatoms. The van der Waals surface area contributed by atoms with Gasteiger partial charge in [0.25, 0.3) is 0 Å². The van der Waals surface area contributed by atoms with Crippen LogP contribution in [0.1, 0.15) is 23.8 Å². The lowest BCUT2D eigenvalue weighted by Gasteiger charge is -2.11. The zero-order valence-electron chi connectivity index (χ0n) is 13.0. The van der Waals surface area contributed by atoms with E-state index in [1.807, 2.05) is 32.0 Å². The summed E-state index contributed by atoms with van der Waals surface area (Å²) < 4.78 is 5.68. The van der Waals surface area contributed by atoms with Gasteiger partial charge in [-0.25, -0.2) is 9.80 Å². The first-order valence-electron chi connectivity index (χ1n) is 6.83. The molecule has 0 radical (unpaired) electrons. The highest BCUT2D eigenvalue weighted by Gasteiger charge is 2.17. The summed E-state index contributed by atoms with van der Waals surface area (Å²) in [5.41, 5.74) is 2.49. The van der Waals surface area contributed by atoms with Crippen LogP contribution in [0.2, 0.25) is 0 Å². The Labute approximate surface area is 128 Å². The lowest BCUT2D eigenvalue weighted by atomic mass is 10.1. The minimum Gasteiger partial charge on any atom is -0.477 e. The molecule has 0 aliphatic carbocycles. The molecule has 0 fully saturated rings. The lowest BCUT2D eigenvalue weighted by Crippen LogP contribution is -2.26. The Morgan fingerprint density at radius 2 is 2.00 bits per heavy atom. The Morgan fingerprint density at radius 1 is 1.32 bits per heavy atom. The SMILES string of the molecule is CC(=NN(C)C(=O)Cc1c(C)oc2cc(C)ccc12)C(=O)O. The maximum atomic E-state index is 12.2. The number of aryl methyl sites for hydroxylation is 2. The van der Waals surface area contributed by atoms with E-state index in [4.69, 9.17) is 9.52 Å². The molecular formula is C16H18N2O4. The van der Waals surface area contributed by atoms with Crippen molar-refractivity contribution in [3.63, 3.8) is 0 Å². The third-order valence-corrected chi connectivity index (χ3v) is 3.45. The van der Waals surface area contributed by atoms with Crippen molar-refractivity contribution in [3.8, 4) is 0 Å². The highest BCUT2D eigenvalue weighted by atomic mass is 16.4. The Morgan fingerprint density at radius 3 is 2.64 bits per heavy atom. The number of benzene rings is 1. The summed E-state index contributed by atoms with van der Waals surface area (Å²) in [5.74, 6) is -0.770. The number of hydrazone groups is 1. The molecule has 0 spiro atoms. The van der Waals surface area contributed by atoms with Gasteiger partial charge in [-0.1, -0.05) is 12.1 Å². The van der Waals surface area contributed by atoms with E-state index in [-0.39, 0.29) is 18.0 Å². The molecule has 1 aromatic carbocycles. The van der Waals surface area contributed by atoms with Gasteiger partial charge < -0.3 is 9.52 Å². The Hall–Kier alpha value is -2.63. The summed E-state index contributed by atoms with van der Waals surface area (Å²) in [6, 6.07) is 5.81. The number of nitrogens with zero attached hydrogens (tertiary/aromatic N) is 2. The third kappa shape index (κ3) is 3.16. The van der Waals surface area contributed by atoms with E-state index in [1.165, 1.54) is 14.0 Å². The topological polar surface area (TPSA) is 83.1 Å². The van der Waals surface area contributed by atoms with Crippen LogP contribution in [0.25, 0.3) is 11.0 Å². The van der Waals surface area contributed by atoms with E-state index >= 15 is 0 Å². The number of fused-ring (bicyclic) bond motifs is 1. The van der Waals surface area contributed by atoms with Crippen LogP contribution >= 0.6 is 0 Å². The minimum atomic E-state index is -1.15. The van der Waals surface area contributed by atoms with E-state index in [2.05, 4.69) is 5.10 Å². The summed E-state index contributed by atoms with van der Waals surface area (Å²) in [4.78, 5) is 23.0. The fourth-order valence-electron chi connectivity index (χ4n) is 2.19. The normalized spacial score (nSPS) is 11.7. The van der Waals surface area contributed by atoms with Crippen LogP contribution in [0.4, 0.5) is 0 Å². The average Bonchev–Trinajstić information content (AvgIpc) is 2.73. The highest BCUT2D eigenvalue weighted by molar-refractivity contribution is 6.34. The average molecular weight is 302 g/mol. The standard InChI is InChI=1S/C16H18N2O4/c1-9-5-6-12-13(11(3)22-14(12)7-9)8-15(19)18(4)17-10(2)16(20)21/h5-7H,8H2,1-4H3,(H,20,21). The maximum absolute atomic E-state index is 12.2. The summed E-state index contributed by atoms with van der Waals surface area (Å²) in [7, 11) is 1.44. The van der Waals surface area contributed by atoms with E-state index < -0.39 is 5.97 Å². The molecule has 1 N–H and O–H groups in total. The van der Waals surface area contributed by atoms with Crippen LogP contribution in [0.15, 0.2) is 27.7 Å². The fraction of sp³-hybridized carbons (Fsp3) is 0.312. The molecule has 1 aromatic heterocycles. The molecule has 2 aromatic rings. The maximum Gasteiger partial charge on any atom is 0.351 e. The summed E-state index contributed by atoms with van der Waals surface area (Å²) in [5, 5.41) is 14.5. The molecule has 0 atom stereocenters. The number of carbonyl (C=O) groups is 2. The summed E-state index contributed by atoms with van der Waals surface area (Å²) in [6.07, 6.45) is 0.106. The number of aliphatic carboxylic acids is 1. The van der Waals surface area contributed by atoms with Crippen molar-refractivity contribution in [2.75, 3.05) is 7.05 Å². The number of likely N-dealkylation sites (N-methyl/N-ethyl adjacent to an activating group) is 1. The van der Waals surface area contributed by atoms with E-state index in [9.17, 15) is 9.59 Å². The van der Waals surface area contributed by atoms with Crippen molar-refractivity contribution in [2.45, 2.75) is 27.2 Å². The first kappa shape index (κ1) is 15.8. The van der Waals surface area contributed by atoms with Crippen molar-refractivity contribution in [2.24, 2.45) is 5.10 Å². The van der Waals surface area contributed by atoms with E-state index in [0.717, 1.165) is 27.1 Å². The summed E-state index contributed by atoms with van der Waals surface area (Å²) >= 11 is 0. The molecule has 0 aliphatic rings. The van der Waals surface area contributed by atoms with Gasteiger partial charge in [0, 0.05) is 18.0 Å². The van der Waals surface area contributed by atoms with E-state index in [0.29, 0.717) is 5.76 Å². The molecular weight excluding hydrogens is 284 g/mol. The zero-order chi connectivity index (χ0) is 16.4. The highest BCUT2D eigenvalue weighted by Crippen LogP contribution is 2.27. The number of furan rings is 1. The number of carbonyl (C=O) groups excluding carboxylic acids is 1. The minimum absolute atomic E-state index is 0.106. The first-order valence-corrected chi connectivity index (χ1v) is 6.83. The monoisotopic (exact) mass is 302 g/mol. The van der Waals surface area contributed by atoms with Crippen molar-refractivity contribution >= 4 is 28.6 Å². The van der Waals surface area contributed by atoms with Gasteiger partial charge in [-0.2, -0.15) is 5.10 Å². The van der Waals surface area contributed by atoms with Gasteiger partial charge in [-0.3, -0.25) is 4.79 Å². The Bertz CT molecular complexity index is 774. The molecule has 6 nitrogen and oxygen atoms in total. The Kier molecular flexibility index (Phi) is 4.30. The smallest absolute Gasteiger partial charge is 0.351 e. The van der Waals surface area contributed by atoms with Crippen LogP contribution in [-0.4, -0.2) is 34.8 Å².